The molecule has 1 aliphatic rings. The Balaban J connectivity index is 1.67. The van der Waals surface area contributed by atoms with Crippen molar-refractivity contribution in [2.75, 3.05) is 5.73 Å². The van der Waals surface area contributed by atoms with Crippen LogP contribution in [0.25, 0.3) is 0 Å². The van der Waals surface area contributed by atoms with E-state index >= 15 is 0 Å². The van der Waals surface area contributed by atoms with Crippen LogP contribution in [0.15, 0.2) is 22.9 Å². The number of hydrogen-bond donors (Lipinski definition) is 1. The van der Waals surface area contributed by atoms with Gasteiger partial charge in [-0.1, -0.05) is 5.16 Å². The SMILES string of the molecule is Nc1ccc(Cc2nc(CC3CC3)no2)nc1. The number of hydrogen-bond acceptors (Lipinski definition) is 5. The lowest BCUT2D eigenvalue weighted by atomic mass is 10.2. The lowest BCUT2D eigenvalue weighted by Gasteiger charge is -1.96. The second-order valence-corrected chi connectivity index (χ2v) is 4.51. The van der Waals surface area contributed by atoms with Crippen molar-refractivity contribution in [1.82, 2.24) is 15.1 Å². The second-order valence-electron chi connectivity index (χ2n) is 4.51. The number of aromatic nitrogens is 3. The van der Waals surface area contributed by atoms with Crippen LogP contribution in [0.2, 0.25) is 0 Å². The Morgan fingerprint density at radius 1 is 1.35 bits per heavy atom. The molecule has 0 bridgehead atoms. The number of rotatable bonds is 4. The highest BCUT2D eigenvalue weighted by Gasteiger charge is 2.24. The number of nitrogens with two attached hydrogens (primary N) is 1. The van der Waals surface area contributed by atoms with E-state index in [1.54, 1.807) is 6.20 Å². The predicted octanol–water partition coefficient (Wildman–Crippen LogP) is 1.59. The first-order valence-electron chi connectivity index (χ1n) is 5.81. The molecule has 88 valence electrons. The fraction of sp³-hybridized carbons (Fsp3) is 0.417. The molecule has 0 saturated heterocycles. The van der Waals surface area contributed by atoms with Crippen molar-refractivity contribution >= 4 is 5.69 Å². The highest BCUT2D eigenvalue weighted by Crippen LogP contribution is 2.31. The van der Waals surface area contributed by atoms with E-state index in [1.165, 1.54) is 12.8 Å². The summed E-state index contributed by atoms with van der Waals surface area (Å²) in [5, 5.41) is 3.97. The maximum absolute atomic E-state index is 5.57. The van der Waals surface area contributed by atoms with Crippen LogP contribution in [0.4, 0.5) is 5.69 Å². The first-order valence-corrected chi connectivity index (χ1v) is 5.81. The molecule has 0 radical (unpaired) electrons. The molecule has 0 spiro atoms. The molecule has 1 saturated carbocycles. The van der Waals surface area contributed by atoms with E-state index in [9.17, 15) is 0 Å². The molecule has 2 aromatic heterocycles. The Morgan fingerprint density at radius 3 is 2.94 bits per heavy atom. The largest absolute Gasteiger partial charge is 0.397 e. The standard InChI is InChI=1S/C12H14N4O/c13-9-3-4-10(14-7-9)6-12-15-11(16-17-12)5-8-1-2-8/h3-4,7-8H,1-2,5-6,13H2. The van der Waals surface area contributed by atoms with Gasteiger partial charge in [0.1, 0.15) is 0 Å². The highest BCUT2D eigenvalue weighted by atomic mass is 16.5. The summed E-state index contributed by atoms with van der Waals surface area (Å²) in [5.41, 5.74) is 7.12. The van der Waals surface area contributed by atoms with Crippen molar-refractivity contribution in [2.24, 2.45) is 5.92 Å². The molecule has 0 atom stereocenters. The number of pyridine rings is 1. The van der Waals surface area contributed by atoms with Gasteiger partial charge in [-0.05, 0) is 30.9 Å². The molecule has 0 unspecified atom stereocenters. The van der Waals surface area contributed by atoms with Crippen LogP contribution in [-0.4, -0.2) is 15.1 Å². The van der Waals surface area contributed by atoms with E-state index in [2.05, 4.69) is 15.1 Å². The molecule has 2 N–H and O–H groups in total. The van der Waals surface area contributed by atoms with Crippen LogP contribution >= 0.6 is 0 Å². The van der Waals surface area contributed by atoms with Crippen LogP contribution in [0.3, 0.4) is 0 Å². The molecule has 5 nitrogen and oxygen atoms in total. The van der Waals surface area contributed by atoms with Gasteiger partial charge in [0.2, 0.25) is 5.89 Å². The molecule has 17 heavy (non-hydrogen) atoms. The Hall–Kier alpha value is -1.91. The summed E-state index contributed by atoms with van der Waals surface area (Å²) in [4.78, 5) is 8.56. The highest BCUT2D eigenvalue weighted by molar-refractivity contribution is 5.34. The zero-order valence-electron chi connectivity index (χ0n) is 9.47. The van der Waals surface area contributed by atoms with Crippen molar-refractivity contribution in [3.05, 3.63) is 35.7 Å². The maximum atomic E-state index is 5.57. The van der Waals surface area contributed by atoms with Gasteiger partial charge >= 0.3 is 0 Å². The third kappa shape index (κ3) is 2.61. The van der Waals surface area contributed by atoms with E-state index in [1.807, 2.05) is 12.1 Å². The minimum atomic E-state index is 0.567. The first kappa shape index (κ1) is 10.3. The van der Waals surface area contributed by atoms with Crippen LogP contribution in [0, 0.1) is 5.92 Å². The van der Waals surface area contributed by atoms with Gasteiger partial charge in [-0.3, -0.25) is 4.98 Å². The van der Waals surface area contributed by atoms with Crippen LogP contribution in [-0.2, 0) is 12.8 Å². The Bertz CT molecular complexity index is 501. The Morgan fingerprint density at radius 2 is 2.24 bits per heavy atom. The molecule has 0 aromatic carbocycles. The van der Waals surface area contributed by atoms with Gasteiger partial charge in [-0.15, -0.1) is 0 Å². The minimum Gasteiger partial charge on any atom is -0.397 e. The van der Waals surface area contributed by atoms with E-state index in [4.69, 9.17) is 10.3 Å². The molecule has 1 aliphatic carbocycles. The van der Waals surface area contributed by atoms with Gasteiger partial charge in [0.25, 0.3) is 0 Å². The lowest BCUT2D eigenvalue weighted by molar-refractivity contribution is 0.377. The molecule has 5 heteroatoms. The Kier molecular flexibility index (Phi) is 2.51. The number of nitrogens with zero attached hydrogens (tertiary/aromatic N) is 3. The van der Waals surface area contributed by atoms with Gasteiger partial charge in [-0.25, -0.2) is 0 Å². The predicted molar refractivity (Wildman–Crippen MR) is 62.2 cm³/mol. The van der Waals surface area contributed by atoms with Gasteiger partial charge < -0.3 is 10.3 Å². The van der Waals surface area contributed by atoms with Crippen molar-refractivity contribution in [3.8, 4) is 0 Å². The summed E-state index contributed by atoms with van der Waals surface area (Å²) in [6.07, 6.45) is 5.74. The van der Waals surface area contributed by atoms with E-state index in [0.29, 0.717) is 18.0 Å². The van der Waals surface area contributed by atoms with Crippen LogP contribution in [0.1, 0.15) is 30.3 Å². The summed E-state index contributed by atoms with van der Waals surface area (Å²) in [6, 6.07) is 3.70. The fourth-order valence-corrected chi connectivity index (χ4v) is 1.72. The first-order chi connectivity index (χ1) is 8.29. The smallest absolute Gasteiger partial charge is 0.232 e. The van der Waals surface area contributed by atoms with Gasteiger partial charge in [0.05, 0.1) is 18.3 Å². The normalized spacial score (nSPS) is 15.1. The summed E-state index contributed by atoms with van der Waals surface area (Å²) in [5.74, 6) is 2.21. The van der Waals surface area contributed by atoms with Crippen LogP contribution in [0.5, 0.6) is 0 Å². The topological polar surface area (TPSA) is 77.8 Å². The molecule has 2 heterocycles. The molecule has 0 amide bonds. The Labute approximate surface area is 99.1 Å². The molecular weight excluding hydrogens is 216 g/mol. The molecule has 0 aliphatic heterocycles. The summed E-state index contributed by atoms with van der Waals surface area (Å²) in [7, 11) is 0. The van der Waals surface area contributed by atoms with Crippen LogP contribution < -0.4 is 5.73 Å². The summed E-state index contributed by atoms with van der Waals surface area (Å²) < 4.78 is 5.20. The number of anilines is 1. The molecular formula is C12H14N4O. The zero-order chi connectivity index (χ0) is 11.7. The van der Waals surface area contributed by atoms with Crippen molar-refractivity contribution in [2.45, 2.75) is 25.7 Å². The van der Waals surface area contributed by atoms with E-state index < -0.39 is 0 Å². The zero-order valence-corrected chi connectivity index (χ0v) is 9.47. The van der Waals surface area contributed by atoms with Crippen molar-refractivity contribution < 1.29 is 4.52 Å². The second kappa shape index (κ2) is 4.16. The average molecular weight is 230 g/mol. The fourth-order valence-electron chi connectivity index (χ4n) is 1.72. The lowest BCUT2D eigenvalue weighted by Crippen LogP contribution is -1.95. The molecule has 1 fully saturated rings. The molecule has 2 aromatic rings. The van der Waals surface area contributed by atoms with Gasteiger partial charge in [0.15, 0.2) is 5.82 Å². The molecule has 3 rings (SSSR count). The van der Waals surface area contributed by atoms with Gasteiger partial charge in [0, 0.05) is 12.1 Å². The quantitative estimate of drug-likeness (QED) is 0.862. The third-order valence-corrected chi connectivity index (χ3v) is 2.86. The van der Waals surface area contributed by atoms with E-state index in [-0.39, 0.29) is 0 Å². The summed E-state index contributed by atoms with van der Waals surface area (Å²) in [6.45, 7) is 0. The third-order valence-electron chi connectivity index (χ3n) is 2.86. The van der Waals surface area contributed by atoms with Gasteiger partial charge in [-0.2, -0.15) is 4.98 Å². The van der Waals surface area contributed by atoms with E-state index in [0.717, 1.165) is 23.9 Å². The van der Waals surface area contributed by atoms with Crippen molar-refractivity contribution in [1.29, 1.82) is 0 Å². The summed E-state index contributed by atoms with van der Waals surface area (Å²) >= 11 is 0. The number of nitrogen functional groups attached to an aromatic ring is 1. The average Bonchev–Trinajstić information content (AvgIpc) is 3.02. The minimum absolute atomic E-state index is 0.567. The maximum Gasteiger partial charge on any atom is 0.232 e. The van der Waals surface area contributed by atoms with Crippen molar-refractivity contribution in [3.63, 3.8) is 0 Å². The monoisotopic (exact) mass is 230 g/mol.